The van der Waals surface area contributed by atoms with Crippen LogP contribution in [0, 0.1) is 0 Å². The van der Waals surface area contributed by atoms with Gasteiger partial charge in [-0.3, -0.25) is 4.98 Å². The van der Waals surface area contributed by atoms with E-state index in [0.717, 1.165) is 0 Å². The van der Waals surface area contributed by atoms with Crippen molar-refractivity contribution in [2.24, 2.45) is 0 Å². The molecule has 2 aromatic carbocycles. The van der Waals surface area contributed by atoms with Gasteiger partial charge in [-0.1, -0.05) is 18.2 Å². The molecular weight excluding hydrogens is 384 g/mol. The Labute approximate surface area is 151 Å². The lowest BCUT2D eigenvalue weighted by molar-refractivity contribution is 0.0734. The van der Waals surface area contributed by atoms with Gasteiger partial charge >= 0.3 is 5.97 Å². The fourth-order valence-electron chi connectivity index (χ4n) is 2.36. The molecule has 5 nitrogen and oxygen atoms in total. The van der Waals surface area contributed by atoms with E-state index in [-0.39, 0.29) is 0 Å². The van der Waals surface area contributed by atoms with Crippen LogP contribution in [0.3, 0.4) is 0 Å². The Morgan fingerprint density at radius 2 is 1.88 bits per heavy atom. The first-order valence-corrected chi connectivity index (χ1v) is 8.29. The van der Waals surface area contributed by atoms with Gasteiger partial charge in [-0.2, -0.15) is 0 Å². The minimum atomic E-state index is -0.448. The molecule has 0 bridgehead atoms. The molecule has 0 aliphatic rings. The molecule has 0 aliphatic carbocycles. The van der Waals surface area contributed by atoms with E-state index in [2.05, 4.69) is 25.9 Å². The van der Waals surface area contributed by atoms with Gasteiger partial charge in [0.25, 0.3) is 0 Å². The predicted molar refractivity (Wildman–Crippen MR) is 96.3 cm³/mol. The highest BCUT2D eigenvalue weighted by molar-refractivity contribution is 9.10. The van der Waals surface area contributed by atoms with Crippen molar-refractivity contribution in [3.63, 3.8) is 0 Å². The van der Waals surface area contributed by atoms with Crippen LogP contribution in [0.2, 0.25) is 0 Å². The standard InChI is InChI=1S/C19H11BrN2O3/c20-14-6-2-1-5-13(14)19(23)24-12-8-9-15-17(11-12)25-18(22-15)16-7-3-4-10-21-16/h1-11H. The Kier molecular flexibility index (Phi) is 4.03. The molecule has 0 radical (unpaired) electrons. The van der Waals surface area contributed by atoms with Gasteiger partial charge in [0.1, 0.15) is 17.0 Å². The number of benzene rings is 2. The molecule has 0 saturated carbocycles. The summed E-state index contributed by atoms with van der Waals surface area (Å²) in [5.74, 6) is 0.359. The SMILES string of the molecule is O=C(Oc1ccc2nc(-c3ccccn3)oc2c1)c1ccccc1Br. The van der Waals surface area contributed by atoms with Crippen molar-refractivity contribution >= 4 is 33.0 Å². The summed E-state index contributed by atoms with van der Waals surface area (Å²) in [6, 6.07) is 17.7. The van der Waals surface area contributed by atoms with E-state index in [1.807, 2.05) is 24.3 Å². The van der Waals surface area contributed by atoms with Crippen molar-refractivity contribution in [1.29, 1.82) is 0 Å². The normalized spacial score (nSPS) is 10.8. The molecule has 0 fully saturated rings. The lowest BCUT2D eigenvalue weighted by Gasteiger charge is -2.05. The summed E-state index contributed by atoms with van der Waals surface area (Å²) in [5.41, 5.74) is 2.29. The number of halogens is 1. The summed E-state index contributed by atoms with van der Waals surface area (Å²) in [7, 11) is 0. The molecular formula is C19H11BrN2O3. The number of carbonyl (C=O) groups excluding carboxylic acids is 1. The van der Waals surface area contributed by atoms with E-state index >= 15 is 0 Å². The number of hydrogen-bond donors (Lipinski definition) is 0. The maximum absolute atomic E-state index is 12.3. The fraction of sp³-hybridized carbons (Fsp3) is 0. The van der Waals surface area contributed by atoms with Crippen LogP contribution in [0.1, 0.15) is 10.4 Å². The summed E-state index contributed by atoms with van der Waals surface area (Å²) in [5, 5.41) is 0. The quantitative estimate of drug-likeness (QED) is 0.366. The molecule has 0 amide bonds. The van der Waals surface area contributed by atoms with Crippen LogP contribution < -0.4 is 4.74 Å². The lowest BCUT2D eigenvalue weighted by Crippen LogP contribution is -2.08. The topological polar surface area (TPSA) is 65.2 Å². The second kappa shape index (κ2) is 6.49. The molecule has 0 saturated heterocycles. The molecule has 122 valence electrons. The monoisotopic (exact) mass is 394 g/mol. The van der Waals surface area contributed by atoms with Gasteiger partial charge in [0, 0.05) is 16.7 Å². The molecule has 0 N–H and O–H groups in total. The van der Waals surface area contributed by atoms with E-state index in [0.29, 0.717) is 38.5 Å². The number of rotatable bonds is 3. The van der Waals surface area contributed by atoms with Gasteiger partial charge < -0.3 is 9.15 Å². The highest BCUT2D eigenvalue weighted by Crippen LogP contribution is 2.27. The molecule has 0 aliphatic heterocycles. The van der Waals surface area contributed by atoms with Crippen LogP contribution in [0.5, 0.6) is 5.75 Å². The number of carbonyl (C=O) groups is 1. The molecule has 0 atom stereocenters. The van der Waals surface area contributed by atoms with Gasteiger partial charge in [0.05, 0.1) is 5.56 Å². The van der Waals surface area contributed by atoms with Gasteiger partial charge in [0.2, 0.25) is 5.89 Å². The Bertz CT molecular complexity index is 1060. The third-order valence-electron chi connectivity index (χ3n) is 3.55. The smallest absolute Gasteiger partial charge is 0.344 e. The summed E-state index contributed by atoms with van der Waals surface area (Å²) in [4.78, 5) is 20.9. The number of oxazole rings is 1. The molecule has 4 rings (SSSR count). The summed E-state index contributed by atoms with van der Waals surface area (Å²) in [6.45, 7) is 0. The second-order valence-corrected chi connectivity index (χ2v) is 6.09. The zero-order valence-electron chi connectivity index (χ0n) is 12.8. The summed E-state index contributed by atoms with van der Waals surface area (Å²) >= 11 is 3.34. The van der Waals surface area contributed by atoms with Crippen molar-refractivity contribution in [1.82, 2.24) is 9.97 Å². The molecule has 6 heteroatoms. The van der Waals surface area contributed by atoms with Gasteiger partial charge in [0.15, 0.2) is 5.58 Å². The molecule has 2 aromatic heterocycles. The summed E-state index contributed by atoms with van der Waals surface area (Å²) in [6.07, 6.45) is 1.68. The lowest BCUT2D eigenvalue weighted by atomic mass is 10.2. The van der Waals surface area contributed by atoms with Gasteiger partial charge in [-0.05, 0) is 52.3 Å². The molecule has 0 unspecified atom stereocenters. The van der Waals surface area contributed by atoms with Crippen LogP contribution in [0.15, 0.2) is 75.8 Å². The Hall–Kier alpha value is -2.99. The average molecular weight is 395 g/mol. The molecule has 2 heterocycles. The second-order valence-electron chi connectivity index (χ2n) is 5.23. The first-order chi connectivity index (χ1) is 12.2. The highest BCUT2D eigenvalue weighted by Gasteiger charge is 2.14. The van der Waals surface area contributed by atoms with Crippen LogP contribution >= 0.6 is 15.9 Å². The number of ether oxygens (including phenoxy) is 1. The third kappa shape index (κ3) is 3.16. The number of fused-ring (bicyclic) bond motifs is 1. The van der Waals surface area contributed by atoms with Crippen LogP contribution in [-0.2, 0) is 0 Å². The zero-order chi connectivity index (χ0) is 17.2. The van der Waals surface area contributed by atoms with Crippen molar-refractivity contribution in [2.75, 3.05) is 0 Å². The molecule has 25 heavy (non-hydrogen) atoms. The number of nitrogens with zero attached hydrogens (tertiary/aromatic N) is 2. The largest absolute Gasteiger partial charge is 0.435 e. The average Bonchev–Trinajstić information content (AvgIpc) is 3.06. The van der Waals surface area contributed by atoms with E-state index in [1.54, 1.807) is 42.6 Å². The maximum atomic E-state index is 12.3. The highest BCUT2D eigenvalue weighted by atomic mass is 79.9. The first-order valence-electron chi connectivity index (χ1n) is 7.49. The van der Waals surface area contributed by atoms with Crippen molar-refractivity contribution in [2.45, 2.75) is 0 Å². The fourth-order valence-corrected chi connectivity index (χ4v) is 2.80. The van der Waals surface area contributed by atoms with E-state index in [1.165, 1.54) is 0 Å². The van der Waals surface area contributed by atoms with Crippen molar-refractivity contribution in [3.05, 3.63) is 76.9 Å². The first kappa shape index (κ1) is 15.5. The molecule has 0 spiro atoms. The van der Waals surface area contributed by atoms with Crippen molar-refractivity contribution in [3.8, 4) is 17.3 Å². The minimum Gasteiger partial charge on any atom is -0.435 e. The Balaban J connectivity index is 1.63. The van der Waals surface area contributed by atoms with E-state index in [9.17, 15) is 4.79 Å². The minimum absolute atomic E-state index is 0.386. The van der Waals surface area contributed by atoms with Gasteiger partial charge in [-0.15, -0.1) is 0 Å². The third-order valence-corrected chi connectivity index (χ3v) is 4.24. The van der Waals surface area contributed by atoms with Crippen LogP contribution in [-0.4, -0.2) is 15.9 Å². The predicted octanol–water partition coefficient (Wildman–Crippen LogP) is 4.87. The van der Waals surface area contributed by atoms with Crippen LogP contribution in [0.4, 0.5) is 0 Å². The van der Waals surface area contributed by atoms with E-state index < -0.39 is 5.97 Å². The number of esters is 1. The zero-order valence-corrected chi connectivity index (χ0v) is 14.4. The molecule has 4 aromatic rings. The maximum Gasteiger partial charge on any atom is 0.344 e. The Morgan fingerprint density at radius 3 is 2.68 bits per heavy atom. The van der Waals surface area contributed by atoms with Gasteiger partial charge in [-0.25, -0.2) is 9.78 Å². The number of hydrogen-bond acceptors (Lipinski definition) is 5. The number of pyridine rings is 1. The van der Waals surface area contributed by atoms with Crippen LogP contribution in [0.25, 0.3) is 22.7 Å². The summed E-state index contributed by atoms with van der Waals surface area (Å²) < 4.78 is 11.8. The van der Waals surface area contributed by atoms with E-state index in [4.69, 9.17) is 9.15 Å². The Morgan fingerprint density at radius 1 is 1.04 bits per heavy atom. The number of aromatic nitrogens is 2. The van der Waals surface area contributed by atoms with Crippen molar-refractivity contribution < 1.29 is 13.9 Å².